The predicted molar refractivity (Wildman–Crippen MR) is 45.0 cm³/mol. The van der Waals surface area contributed by atoms with E-state index in [9.17, 15) is 4.39 Å². The summed E-state index contributed by atoms with van der Waals surface area (Å²) in [7, 11) is 0. The van der Waals surface area contributed by atoms with Gasteiger partial charge in [-0.3, -0.25) is 0 Å². The standard InChI is InChI=1S/C9H12FNO/c1-6(12)9(11)7-3-2-4-8(10)5-7/h2-6,9,12H,11H2,1H3/t6?,9-/m1/s1. The molecule has 3 heteroatoms. The Balaban J connectivity index is 2.88. The Morgan fingerprint density at radius 2 is 2.17 bits per heavy atom. The SMILES string of the molecule is CC(O)[C@@H](N)c1cccc(F)c1. The van der Waals surface area contributed by atoms with Gasteiger partial charge in [0.15, 0.2) is 0 Å². The first-order valence-electron chi connectivity index (χ1n) is 3.80. The van der Waals surface area contributed by atoms with Gasteiger partial charge in [-0.15, -0.1) is 0 Å². The highest BCUT2D eigenvalue weighted by Crippen LogP contribution is 2.14. The number of benzene rings is 1. The van der Waals surface area contributed by atoms with Crippen LogP contribution in [-0.4, -0.2) is 11.2 Å². The molecule has 2 nitrogen and oxygen atoms in total. The summed E-state index contributed by atoms with van der Waals surface area (Å²) < 4.78 is 12.7. The molecule has 0 heterocycles. The third-order valence-electron chi connectivity index (χ3n) is 1.75. The Hall–Kier alpha value is -0.930. The van der Waals surface area contributed by atoms with Crippen molar-refractivity contribution in [3.05, 3.63) is 35.6 Å². The van der Waals surface area contributed by atoms with E-state index < -0.39 is 12.1 Å². The molecule has 1 aromatic carbocycles. The first-order valence-corrected chi connectivity index (χ1v) is 3.80. The molecule has 0 aliphatic heterocycles. The first-order chi connectivity index (χ1) is 5.61. The van der Waals surface area contributed by atoms with Crippen LogP contribution in [0.25, 0.3) is 0 Å². The lowest BCUT2D eigenvalue weighted by molar-refractivity contribution is 0.164. The van der Waals surface area contributed by atoms with Crippen molar-refractivity contribution in [2.24, 2.45) is 5.73 Å². The van der Waals surface area contributed by atoms with E-state index in [1.807, 2.05) is 0 Å². The van der Waals surface area contributed by atoms with E-state index in [1.54, 1.807) is 19.1 Å². The second kappa shape index (κ2) is 3.65. The minimum Gasteiger partial charge on any atom is -0.391 e. The van der Waals surface area contributed by atoms with Crippen LogP contribution < -0.4 is 5.73 Å². The number of aliphatic hydroxyl groups is 1. The van der Waals surface area contributed by atoms with E-state index >= 15 is 0 Å². The Morgan fingerprint density at radius 3 is 2.67 bits per heavy atom. The quantitative estimate of drug-likeness (QED) is 0.699. The smallest absolute Gasteiger partial charge is 0.123 e. The number of hydrogen-bond donors (Lipinski definition) is 2. The van der Waals surface area contributed by atoms with Crippen molar-refractivity contribution in [1.29, 1.82) is 0 Å². The van der Waals surface area contributed by atoms with E-state index in [2.05, 4.69) is 0 Å². The molecule has 0 spiro atoms. The Bertz CT molecular complexity index is 262. The maximum absolute atomic E-state index is 12.7. The highest BCUT2D eigenvalue weighted by molar-refractivity contribution is 5.20. The first kappa shape index (κ1) is 9.16. The molecular formula is C9H12FNO. The molecule has 0 aromatic heterocycles. The van der Waals surface area contributed by atoms with Crippen molar-refractivity contribution in [2.75, 3.05) is 0 Å². The lowest BCUT2D eigenvalue weighted by Crippen LogP contribution is -2.23. The maximum Gasteiger partial charge on any atom is 0.123 e. The Kier molecular flexibility index (Phi) is 2.78. The van der Waals surface area contributed by atoms with E-state index in [1.165, 1.54) is 12.1 Å². The van der Waals surface area contributed by atoms with Crippen molar-refractivity contribution < 1.29 is 9.50 Å². The minimum absolute atomic E-state index is 0.330. The van der Waals surface area contributed by atoms with E-state index in [4.69, 9.17) is 10.8 Å². The average molecular weight is 169 g/mol. The van der Waals surface area contributed by atoms with Crippen molar-refractivity contribution >= 4 is 0 Å². The number of nitrogens with two attached hydrogens (primary N) is 1. The second-order valence-corrected chi connectivity index (χ2v) is 2.82. The summed E-state index contributed by atoms with van der Waals surface area (Å²) in [6.45, 7) is 1.58. The van der Waals surface area contributed by atoms with Crippen LogP contribution in [0.4, 0.5) is 4.39 Å². The molecule has 0 amide bonds. The summed E-state index contributed by atoms with van der Waals surface area (Å²) in [4.78, 5) is 0. The number of aliphatic hydroxyl groups excluding tert-OH is 1. The van der Waals surface area contributed by atoms with E-state index in [0.717, 1.165) is 0 Å². The van der Waals surface area contributed by atoms with Gasteiger partial charge in [-0.1, -0.05) is 12.1 Å². The highest BCUT2D eigenvalue weighted by atomic mass is 19.1. The zero-order chi connectivity index (χ0) is 9.14. The van der Waals surface area contributed by atoms with Crippen molar-refractivity contribution in [3.63, 3.8) is 0 Å². The van der Waals surface area contributed by atoms with Gasteiger partial charge >= 0.3 is 0 Å². The van der Waals surface area contributed by atoms with Gasteiger partial charge in [-0.2, -0.15) is 0 Å². The van der Waals surface area contributed by atoms with Crippen LogP contribution in [0.15, 0.2) is 24.3 Å². The summed E-state index contributed by atoms with van der Waals surface area (Å²) in [6.07, 6.45) is -0.660. The van der Waals surface area contributed by atoms with Gasteiger partial charge in [0.1, 0.15) is 5.82 Å². The number of halogens is 1. The average Bonchev–Trinajstić information content (AvgIpc) is 2.03. The van der Waals surface area contributed by atoms with Crippen LogP contribution in [0, 0.1) is 5.82 Å². The number of hydrogen-bond acceptors (Lipinski definition) is 2. The van der Waals surface area contributed by atoms with Crippen LogP contribution in [0.3, 0.4) is 0 Å². The lowest BCUT2D eigenvalue weighted by Gasteiger charge is -2.14. The third-order valence-corrected chi connectivity index (χ3v) is 1.75. The van der Waals surface area contributed by atoms with Gasteiger partial charge in [0.2, 0.25) is 0 Å². The molecule has 0 saturated carbocycles. The topological polar surface area (TPSA) is 46.2 Å². The summed E-state index contributed by atoms with van der Waals surface area (Å²) in [5.74, 6) is -0.330. The van der Waals surface area contributed by atoms with Crippen LogP contribution in [0.2, 0.25) is 0 Å². The Labute approximate surface area is 70.8 Å². The molecule has 0 aliphatic rings. The van der Waals surface area contributed by atoms with Crippen molar-refractivity contribution in [3.8, 4) is 0 Å². The fraction of sp³-hybridized carbons (Fsp3) is 0.333. The zero-order valence-corrected chi connectivity index (χ0v) is 6.87. The molecule has 0 fully saturated rings. The van der Waals surface area contributed by atoms with Crippen LogP contribution in [-0.2, 0) is 0 Å². The van der Waals surface area contributed by atoms with Gasteiger partial charge in [-0.25, -0.2) is 4.39 Å². The second-order valence-electron chi connectivity index (χ2n) is 2.82. The molecule has 1 rings (SSSR count). The predicted octanol–water partition coefficient (Wildman–Crippen LogP) is 1.21. The van der Waals surface area contributed by atoms with Crippen LogP contribution in [0.5, 0.6) is 0 Å². The molecule has 1 unspecified atom stereocenters. The molecule has 0 aliphatic carbocycles. The van der Waals surface area contributed by atoms with Crippen LogP contribution in [0.1, 0.15) is 18.5 Å². The normalized spacial score (nSPS) is 15.7. The highest BCUT2D eigenvalue weighted by Gasteiger charge is 2.11. The summed E-state index contributed by atoms with van der Waals surface area (Å²) in [5, 5.41) is 9.12. The van der Waals surface area contributed by atoms with Crippen molar-refractivity contribution in [1.82, 2.24) is 0 Å². The third kappa shape index (κ3) is 2.03. The fourth-order valence-corrected chi connectivity index (χ4v) is 0.992. The van der Waals surface area contributed by atoms with Gasteiger partial charge in [-0.05, 0) is 24.6 Å². The molecule has 66 valence electrons. The zero-order valence-electron chi connectivity index (χ0n) is 6.87. The molecular weight excluding hydrogens is 157 g/mol. The van der Waals surface area contributed by atoms with Gasteiger partial charge in [0.25, 0.3) is 0 Å². The summed E-state index contributed by atoms with van der Waals surface area (Å²) in [6, 6.07) is 5.43. The molecule has 3 N–H and O–H groups in total. The molecule has 12 heavy (non-hydrogen) atoms. The molecule has 0 saturated heterocycles. The molecule has 1 aromatic rings. The van der Waals surface area contributed by atoms with Gasteiger partial charge < -0.3 is 10.8 Å². The van der Waals surface area contributed by atoms with Crippen LogP contribution >= 0.6 is 0 Å². The van der Waals surface area contributed by atoms with E-state index in [0.29, 0.717) is 5.56 Å². The fourth-order valence-electron chi connectivity index (χ4n) is 0.992. The molecule has 2 atom stereocenters. The maximum atomic E-state index is 12.7. The van der Waals surface area contributed by atoms with Crippen molar-refractivity contribution in [2.45, 2.75) is 19.1 Å². The largest absolute Gasteiger partial charge is 0.391 e. The monoisotopic (exact) mass is 169 g/mol. The van der Waals surface area contributed by atoms with E-state index in [-0.39, 0.29) is 5.82 Å². The van der Waals surface area contributed by atoms with Gasteiger partial charge in [0, 0.05) is 0 Å². The minimum atomic E-state index is -0.660. The summed E-state index contributed by atoms with van der Waals surface area (Å²) in [5.41, 5.74) is 6.21. The molecule has 0 radical (unpaired) electrons. The number of rotatable bonds is 2. The molecule has 0 bridgehead atoms. The summed E-state index contributed by atoms with van der Waals surface area (Å²) >= 11 is 0. The lowest BCUT2D eigenvalue weighted by atomic mass is 10.0. The Morgan fingerprint density at radius 1 is 1.50 bits per heavy atom. The van der Waals surface area contributed by atoms with Gasteiger partial charge in [0.05, 0.1) is 12.1 Å².